The number of carbonyl (C=O) groups is 1. The number of aryl methyl sites for hydroxylation is 3. The van der Waals surface area contributed by atoms with Crippen LogP contribution in [0.2, 0.25) is 5.02 Å². The first-order valence-corrected chi connectivity index (χ1v) is 8.88. The summed E-state index contributed by atoms with van der Waals surface area (Å²) in [6, 6.07) is 7.14. The van der Waals surface area contributed by atoms with Gasteiger partial charge in [-0.15, -0.1) is 0 Å². The van der Waals surface area contributed by atoms with Crippen LogP contribution in [0, 0.1) is 13.8 Å². The maximum atomic E-state index is 12.6. The number of nitrogens with zero attached hydrogens (tertiary/aromatic N) is 5. The van der Waals surface area contributed by atoms with Gasteiger partial charge in [-0.3, -0.25) is 9.48 Å². The van der Waals surface area contributed by atoms with Crippen molar-refractivity contribution in [3.63, 3.8) is 0 Å². The molecule has 0 saturated carbocycles. The third-order valence-electron chi connectivity index (χ3n) is 4.22. The first kappa shape index (κ1) is 19.0. The smallest absolute Gasteiger partial charge is 0.274 e. The summed E-state index contributed by atoms with van der Waals surface area (Å²) >= 11 is 6.01. The number of hydrogen-bond donors (Lipinski definition) is 0. The Hall–Kier alpha value is -2.80. The van der Waals surface area contributed by atoms with Gasteiger partial charge < -0.3 is 9.64 Å². The Kier molecular flexibility index (Phi) is 5.51. The second-order valence-corrected chi connectivity index (χ2v) is 6.91. The number of ether oxygens (including phenoxy) is 1. The standard InChI is InChI=1S/C19H22ClN5O2/c1-13-9-16(5-6-17(13)20)27-12-25-8-7-18(22-25)19(26)23(3)10-15-11-24(4)21-14(15)2/h5-9,11H,10,12H2,1-4H3. The summed E-state index contributed by atoms with van der Waals surface area (Å²) in [6.45, 7) is 4.53. The van der Waals surface area contributed by atoms with Crippen LogP contribution >= 0.6 is 11.6 Å². The van der Waals surface area contributed by atoms with Crippen LogP contribution in [0.25, 0.3) is 0 Å². The largest absolute Gasteiger partial charge is 0.471 e. The Balaban J connectivity index is 1.61. The average Bonchev–Trinajstić information content (AvgIpc) is 3.21. The Labute approximate surface area is 163 Å². The van der Waals surface area contributed by atoms with E-state index in [9.17, 15) is 4.79 Å². The van der Waals surface area contributed by atoms with Crippen LogP contribution in [0.4, 0.5) is 0 Å². The molecule has 3 rings (SSSR count). The zero-order valence-corrected chi connectivity index (χ0v) is 16.6. The van der Waals surface area contributed by atoms with E-state index in [1.165, 1.54) is 0 Å². The molecule has 0 saturated heterocycles. The highest BCUT2D eigenvalue weighted by atomic mass is 35.5. The van der Waals surface area contributed by atoms with E-state index < -0.39 is 0 Å². The number of aromatic nitrogens is 4. The number of benzene rings is 1. The molecule has 0 N–H and O–H groups in total. The predicted octanol–water partition coefficient (Wildman–Crippen LogP) is 3.20. The van der Waals surface area contributed by atoms with Crippen LogP contribution < -0.4 is 4.74 Å². The molecule has 2 aromatic heterocycles. The molecule has 3 aromatic rings. The van der Waals surface area contributed by atoms with E-state index in [1.807, 2.05) is 33.2 Å². The maximum Gasteiger partial charge on any atom is 0.274 e. The number of hydrogen-bond acceptors (Lipinski definition) is 4. The van der Waals surface area contributed by atoms with Crippen molar-refractivity contribution in [2.24, 2.45) is 7.05 Å². The van der Waals surface area contributed by atoms with Gasteiger partial charge >= 0.3 is 0 Å². The van der Waals surface area contributed by atoms with Crippen LogP contribution in [-0.2, 0) is 20.3 Å². The van der Waals surface area contributed by atoms with Crippen LogP contribution in [-0.4, -0.2) is 37.4 Å². The molecule has 142 valence electrons. The van der Waals surface area contributed by atoms with Crippen LogP contribution in [0.5, 0.6) is 5.75 Å². The average molecular weight is 388 g/mol. The van der Waals surface area contributed by atoms with E-state index >= 15 is 0 Å². The van der Waals surface area contributed by atoms with Crippen LogP contribution in [0.15, 0.2) is 36.7 Å². The summed E-state index contributed by atoms with van der Waals surface area (Å²) in [7, 11) is 3.61. The van der Waals surface area contributed by atoms with E-state index in [4.69, 9.17) is 16.3 Å². The fraction of sp³-hybridized carbons (Fsp3) is 0.316. The molecule has 0 aliphatic rings. The van der Waals surface area contributed by atoms with Crippen molar-refractivity contribution in [2.75, 3.05) is 7.05 Å². The first-order valence-electron chi connectivity index (χ1n) is 8.50. The minimum absolute atomic E-state index is 0.153. The van der Waals surface area contributed by atoms with Crippen molar-refractivity contribution in [1.29, 1.82) is 0 Å². The predicted molar refractivity (Wildman–Crippen MR) is 103 cm³/mol. The second kappa shape index (κ2) is 7.84. The van der Waals surface area contributed by atoms with Crippen molar-refractivity contribution in [2.45, 2.75) is 27.1 Å². The summed E-state index contributed by atoms with van der Waals surface area (Å²) in [6.07, 6.45) is 3.64. The number of halogens is 1. The van der Waals surface area contributed by atoms with Gasteiger partial charge in [0.1, 0.15) is 5.75 Å². The number of amides is 1. The van der Waals surface area contributed by atoms with Gasteiger partial charge in [-0.2, -0.15) is 10.2 Å². The molecule has 27 heavy (non-hydrogen) atoms. The lowest BCUT2D eigenvalue weighted by Gasteiger charge is -2.15. The van der Waals surface area contributed by atoms with Crippen molar-refractivity contribution in [3.05, 3.63) is 64.2 Å². The summed E-state index contributed by atoms with van der Waals surface area (Å²) < 4.78 is 9.03. The topological polar surface area (TPSA) is 65.2 Å². The molecule has 0 atom stereocenters. The lowest BCUT2D eigenvalue weighted by atomic mass is 10.2. The van der Waals surface area contributed by atoms with Crippen molar-refractivity contribution < 1.29 is 9.53 Å². The zero-order valence-electron chi connectivity index (χ0n) is 15.8. The molecule has 0 aliphatic carbocycles. The van der Waals surface area contributed by atoms with Crippen molar-refractivity contribution in [1.82, 2.24) is 24.5 Å². The molecular formula is C19H22ClN5O2. The molecule has 1 aromatic carbocycles. The van der Waals surface area contributed by atoms with Crippen LogP contribution in [0.1, 0.15) is 27.3 Å². The summed E-state index contributed by atoms with van der Waals surface area (Å²) in [5.41, 5.74) is 3.23. The van der Waals surface area contributed by atoms with E-state index in [1.54, 1.807) is 45.7 Å². The molecule has 2 heterocycles. The minimum atomic E-state index is -0.153. The third-order valence-corrected chi connectivity index (χ3v) is 4.65. The molecule has 0 unspecified atom stereocenters. The van der Waals surface area contributed by atoms with Gasteiger partial charge in [0.2, 0.25) is 0 Å². The molecule has 0 bridgehead atoms. The number of rotatable bonds is 6. The molecule has 7 nitrogen and oxygen atoms in total. The fourth-order valence-electron chi connectivity index (χ4n) is 2.72. The maximum absolute atomic E-state index is 12.6. The number of carbonyl (C=O) groups excluding carboxylic acids is 1. The molecule has 0 radical (unpaired) electrons. The first-order chi connectivity index (χ1) is 12.8. The van der Waals surface area contributed by atoms with Gasteiger partial charge in [-0.05, 0) is 43.7 Å². The molecule has 0 fully saturated rings. The molecule has 0 aliphatic heterocycles. The SMILES string of the molecule is Cc1cc(OCn2ccc(C(=O)N(C)Cc3cn(C)nc3C)n2)ccc1Cl. The van der Waals surface area contributed by atoms with E-state index in [0.29, 0.717) is 23.0 Å². The Morgan fingerprint density at radius 2 is 2.04 bits per heavy atom. The normalized spacial score (nSPS) is 10.9. The summed E-state index contributed by atoms with van der Waals surface area (Å²) in [4.78, 5) is 14.2. The van der Waals surface area contributed by atoms with Gasteiger partial charge in [0.05, 0.1) is 5.69 Å². The van der Waals surface area contributed by atoms with Gasteiger partial charge in [0.25, 0.3) is 5.91 Å². The molecule has 0 spiro atoms. The highest BCUT2D eigenvalue weighted by Gasteiger charge is 2.17. The Bertz CT molecular complexity index is 963. The van der Waals surface area contributed by atoms with Crippen LogP contribution in [0.3, 0.4) is 0 Å². The second-order valence-electron chi connectivity index (χ2n) is 6.50. The van der Waals surface area contributed by atoms with Gasteiger partial charge in [-0.1, -0.05) is 11.6 Å². The van der Waals surface area contributed by atoms with Crippen molar-refractivity contribution in [3.8, 4) is 5.75 Å². The van der Waals surface area contributed by atoms with E-state index in [-0.39, 0.29) is 12.6 Å². The van der Waals surface area contributed by atoms with Gasteiger partial charge in [0.15, 0.2) is 12.4 Å². The fourth-order valence-corrected chi connectivity index (χ4v) is 2.84. The lowest BCUT2D eigenvalue weighted by molar-refractivity contribution is 0.0777. The Morgan fingerprint density at radius 1 is 1.26 bits per heavy atom. The van der Waals surface area contributed by atoms with E-state index in [2.05, 4.69) is 10.2 Å². The molecular weight excluding hydrogens is 366 g/mol. The van der Waals surface area contributed by atoms with E-state index in [0.717, 1.165) is 16.8 Å². The quantitative estimate of drug-likeness (QED) is 0.651. The van der Waals surface area contributed by atoms with Gasteiger partial charge in [0, 0.05) is 43.6 Å². The monoisotopic (exact) mass is 387 g/mol. The summed E-state index contributed by atoms with van der Waals surface area (Å²) in [5, 5.41) is 9.30. The highest BCUT2D eigenvalue weighted by molar-refractivity contribution is 6.31. The van der Waals surface area contributed by atoms with Crippen molar-refractivity contribution >= 4 is 17.5 Å². The zero-order chi connectivity index (χ0) is 19.6. The molecule has 8 heteroatoms. The highest BCUT2D eigenvalue weighted by Crippen LogP contribution is 2.21. The lowest BCUT2D eigenvalue weighted by Crippen LogP contribution is -2.27. The Morgan fingerprint density at radius 3 is 2.70 bits per heavy atom. The molecule has 1 amide bonds. The van der Waals surface area contributed by atoms with Gasteiger partial charge in [-0.25, -0.2) is 4.68 Å². The third kappa shape index (κ3) is 4.49. The minimum Gasteiger partial charge on any atom is -0.471 e. The summed E-state index contributed by atoms with van der Waals surface area (Å²) in [5.74, 6) is 0.545.